The zero-order valence-electron chi connectivity index (χ0n) is 11.3. The molecule has 0 unspecified atom stereocenters. The van der Waals surface area contributed by atoms with Crippen LogP contribution in [0.4, 0.5) is 5.69 Å². The molecule has 5 heteroatoms. The number of amides is 1. The Bertz CT molecular complexity index is 646. The van der Waals surface area contributed by atoms with Crippen LogP contribution >= 0.6 is 38.5 Å². The highest BCUT2D eigenvalue weighted by molar-refractivity contribution is 14.1. The average Bonchev–Trinajstić information content (AvgIpc) is 2.48. The molecule has 1 amide bonds. The standard InChI is InChI=1S/C16H15BrINO2/c17-15-7-6-12(18)10-14(15)16(21)19-13-5-1-3-11(9-13)4-2-8-20/h1,3,5-7,9-10,20H,2,4,8H2,(H,19,21). The van der Waals surface area contributed by atoms with Crippen LogP contribution in [0.15, 0.2) is 46.9 Å². The number of aliphatic hydroxyl groups is 1. The number of carbonyl (C=O) groups is 1. The third-order valence-electron chi connectivity index (χ3n) is 2.98. The monoisotopic (exact) mass is 459 g/mol. The first-order chi connectivity index (χ1) is 10.1. The number of benzene rings is 2. The number of aryl methyl sites for hydroxylation is 1. The van der Waals surface area contributed by atoms with E-state index in [1.807, 2.05) is 42.5 Å². The van der Waals surface area contributed by atoms with Gasteiger partial charge in [-0.3, -0.25) is 4.79 Å². The Balaban J connectivity index is 2.14. The Morgan fingerprint density at radius 3 is 2.81 bits per heavy atom. The van der Waals surface area contributed by atoms with E-state index >= 15 is 0 Å². The first kappa shape index (κ1) is 16.5. The summed E-state index contributed by atoms with van der Waals surface area (Å²) in [6.45, 7) is 0.173. The molecule has 2 rings (SSSR count). The minimum atomic E-state index is -0.139. The summed E-state index contributed by atoms with van der Waals surface area (Å²) in [4.78, 5) is 12.3. The largest absolute Gasteiger partial charge is 0.396 e. The molecule has 0 aromatic heterocycles. The fraction of sp³-hybridized carbons (Fsp3) is 0.188. The van der Waals surface area contributed by atoms with Gasteiger partial charge in [-0.05, 0) is 87.3 Å². The summed E-state index contributed by atoms with van der Waals surface area (Å²) in [7, 11) is 0. The first-order valence-corrected chi connectivity index (χ1v) is 8.43. The van der Waals surface area contributed by atoms with Gasteiger partial charge in [0.15, 0.2) is 0 Å². The van der Waals surface area contributed by atoms with Crippen molar-refractivity contribution >= 4 is 50.1 Å². The van der Waals surface area contributed by atoms with Crippen LogP contribution in [0.3, 0.4) is 0 Å². The Kier molecular flexibility index (Phi) is 6.20. The Hall–Kier alpha value is -0.920. The fourth-order valence-electron chi connectivity index (χ4n) is 1.96. The number of hydrogen-bond donors (Lipinski definition) is 2. The van der Waals surface area contributed by atoms with E-state index in [0.717, 1.165) is 32.1 Å². The maximum absolute atomic E-state index is 12.3. The van der Waals surface area contributed by atoms with Gasteiger partial charge < -0.3 is 10.4 Å². The van der Waals surface area contributed by atoms with E-state index in [4.69, 9.17) is 5.11 Å². The number of nitrogens with one attached hydrogen (secondary N) is 1. The number of anilines is 1. The van der Waals surface area contributed by atoms with Crippen LogP contribution in [0.2, 0.25) is 0 Å². The predicted molar refractivity (Wildman–Crippen MR) is 96.7 cm³/mol. The smallest absolute Gasteiger partial charge is 0.256 e. The number of halogens is 2. The van der Waals surface area contributed by atoms with Gasteiger partial charge in [-0.15, -0.1) is 0 Å². The van der Waals surface area contributed by atoms with Crippen molar-refractivity contribution in [3.8, 4) is 0 Å². The molecule has 0 radical (unpaired) electrons. The van der Waals surface area contributed by atoms with Crippen molar-refractivity contribution in [3.63, 3.8) is 0 Å². The summed E-state index contributed by atoms with van der Waals surface area (Å²) in [6, 6.07) is 13.4. The zero-order chi connectivity index (χ0) is 15.2. The number of aliphatic hydroxyl groups excluding tert-OH is 1. The highest BCUT2D eigenvalue weighted by atomic mass is 127. The zero-order valence-corrected chi connectivity index (χ0v) is 15.0. The van der Waals surface area contributed by atoms with Crippen LogP contribution in [-0.4, -0.2) is 17.6 Å². The number of hydrogen-bond acceptors (Lipinski definition) is 2. The van der Waals surface area contributed by atoms with Gasteiger partial charge in [-0.25, -0.2) is 0 Å². The van der Waals surface area contributed by atoms with Crippen LogP contribution in [0.5, 0.6) is 0 Å². The quantitative estimate of drug-likeness (QED) is 0.657. The van der Waals surface area contributed by atoms with Crippen LogP contribution < -0.4 is 5.32 Å². The van der Waals surface area contributed by atoms with Crippen molar-refractivity contribution < 1.29 is 9.90 Å². The van der Waals surface area contributed by atoms with Gasteiger partial charge in [0.1, 0.15) is 0 Å². The normalized spacial score (nSPS) is 10.4. The van der Waals surface area contributed by atoms with Crippen LogP contribution in [0.1, 0.15) is 22.3 Å². The molecule has 21 heavy (non-hydrogen) atoms. The lowest BCUT2D eigenvalue weighted by molar-refractivity contribution is 0.102. The lowest BCUT2D eigenvalue weighted by Gasteiger charge is -2.09. The molecule has 2 aromatic rings. The number of rotatable bonds is 5. The molecule has 0 aliphatic rings. The summed E-state index contributed by atoms with van der Waals surface area (Å²) >= 11 is 5.58. The van der Waals surface area contributed by atoms with Crippen molar-refractivity contribution in [2.45, 2.75) is 12.8 Å². The third-order valence-corrected chi connectivity index (χ3v) is 4.34. The van der Waals surface area contributed by atoms with Crippen molar-refractivity contribution in [3.05, 3.63) is 61.6 Å². The second-order valence-electron chi connectivity index (χ2n) is 4.61. The van der Waals surface area contributed by atoms with E-state index in [2.05, 4.69) is 43.8 Å². The molecule has 0 atom stereocenters. The predicted octanol–water partition coefficient (Wildman–Crippen LogP) is 4.23. The van der Waals surface area contributed by atoms with Gasteiger partial charge in [0.25, 0.3) is 5.91 Å². The van der Waals surface area contributed by atoms with Crippen molar-refractivity contribution in [2.24, 2.45) is 0 Å². The molecule has 0 aliphatic carbocycles. The summed E-state index contributed by atoms with van der Waals surface area (Å²) < 4.78 is 1.79. The van der Waals surface area contributed by atoms with E-state index < -0.39 is 0 Å². The van der Waals surface area contributed by atoms with E-state index in [1.54, 1.807) is 0 Å². The summed E-state index contributed by atoms with van der Waals surface area (Å²) in [6.07, 6.45) is 1.52. The molecule has 0 bridgehead atoms. The molecule has 2 N–H and O–H groups in total. The molecule has 0 aliphatic heterocycles. The van der Waals surface area contributed by atoms with Gasteiger partial charge in [0.05, 0.1) is 5.56 Å². The van der Waals surface area contributed by atoms with E-state index in [0.29, 0.717) is 5.56 Å². The number of carbonyl (C=O) groups excluding carboxylic acids is 1. The third kappa shape index (κ3) is 4.79. The van der Waals surface area contributed by atoms with Gasteiger partial charge in [0.2, 0.25) is 0 Å². The van der Waals surface area contributed by atoms with Gasteiger partial charge in [-0.1, -0.05) is 12.1 Å². The molecule has 0 fully saturated rings. The van der Waals surface area contributed by atoms with E-state index in [1.165, 1.54) is 0 Å². The molecule has 3 nitrogen and oxygen atoms in total. The van der Waals surface area contributed by atoms with Crippen molar-refractivity contribution in [2.75, 3.05) is 11.9 Å². The van der Waals surface area contributed by atoms with E-state index in [9.17, 15) is 4.79 Å². The maximum Gasteiger partial charge on any atom is 0.256 e. The molecule has 0 saturated heterocycles. The van der Waals surface area contributed by atoms with Crippen LogP contribution in [0, 0.1) is 3.57 Å². The molecular weight excluding hydrogens is 445 g/mol. The summed E-state index contributed by atoms with van der Waals surface area (Å²) in [5.74, 6) is -0.139. The maximum atomic E-state index is 12.3. The fourth-order valence-corrected chi connectivity index (χ4v) is 2.88. The summed E-state index contributed by atoms with van der Waals surface area (Å²) in [5, 5.41) is 11.8. The lowest BCUT2D eigenvalue weighted by atomic mass is 10.1. The van der Waals surface area contributed by atoms with E-state index in [-0.39, 0.29) is 12.5 Å². The molecule has 0 spiro atoms. The first-order valence-electron chi connectivity index (χ1n) is 6.56. The Morgan fingerprint density at radius 1 is 1.24 bits per heavy atom. The van der Waals surface area contributed by atoms with Gasteiger partial charge in [-0.2, -0.15) is 0 Å². The highest BCUT2D eigenvalue weighted by Gasteiger charge is 2.11. The Labute approximate surface area is 146 Å². The molecule has 0 saturated carbocycles. The van der Waals surface area contributed by atoms with Crippen LogP contribution in [-0.2, 0) is 6.42 Å². The second kappa shape index (κ2) is 7.91. The van der Waals surface area contributed by atoms with Gasteiger partial charge >= 0.3 is 0 Å². The van der Waals surface area contributed by atoms with Gasteiger partial charge in [0, 0.05) is 20.3 Å². The molecule has 2 aromatic carbocycles. The molecular formula is C16H15BrINO2. The minimum absolute atomic E-state index is 0.139. The summed E-state index contributed by atoms with van der Waals surface area (Å²) in [5.41, 5.74) is 2.48. The minimum Gasteiger partial charge on any atom is -0.396 e. The lowest BCUT2D eigenvalue weighted by Crippen LogP contribution is -2.13. The Morgan fingerprint density at radius 2 is 2.05 bits per heavy atom. The SMILES string of the molecule is O=C(Nc1cccc(CCCO)c1)c1cc(I)ccc1Br. The van der Waals surface area contributed by atoms with Crippen LogP contribution in [0.25, 0.3) is 0 Å². The molecule has 0 heterocycles. The van der Waals surface area contributed by atoms with Crippen molar-refractivity contribution in [1.82, 2.24) is 0 Å². The average molecular weight is 460 g/mol. The highest BCUT2D eigenvalue weighted by Crippen LogP contribution is 2.21. The second-order valence-corrected chi connectivity index (χ2v) is 6.71. The molecule has 110 valence electrons. The topological polar surface area (TPSA) is 49.3 Å². The van der Waals surface area contributed by atoms with Crippen molar-refractivity contribution in [1.29, 1.82) is 0 Å².